The molecule has 2 unspecified atom stereocenters. The number of carbonyl (C=O) groups is 1. The Balaban J connectivity index is 2.06. The number of carbonyl (C=O) groups excluding carboxylic acids is 1. The zero-order valence-electron chi connectivity index (χ0n) is 12.9. The number of nitrogens with one attached hydrogen (secondary N) is 1. The average molecular weight is 276 g/mol. The first-order valence-electron chi connectivity index (χ1n) is 6.97. The summed E-state index contributed by atoms with van der Waals surface area (Å²) < 4.78 is 5.24. The molecule has 3 N–H and O–H groups in total. The lowest BCUT2D eigenvalue weighted by Crippen LogP contribution is -2.27. The zero-order valence-corrected chi connectivity index (χ0v) is 12.9. The highest BCUT2D eigenvalue weighted by Crippen LogP contribution is 2.57. The second-order valence-electron chi connectivity index (χ2n) is 7.08. The number of rotatable bonds is 2. The fraction of sp³-hybridized carbons (Fsp3) is 0.562. The second kappa shape index (κ2) is 4.77. The lowest BCUT2D eigenvalue weighted by atomic mass is 10.0. The molecule has 4 nitrogen and oxygen atoms in total. The van der Waals surface area contributed by atoms with Crippen LogP contribution in [0.4, 0.5) is 10.5 Å². The molecule has 0 spiro atoms. The fourth-order valence-corrected chi connectivity index (χ4v) is 2.55. The van der Waals surface area contributed by atoms with Crippen LogP contribution in [-0.2, 0) is 4.74 Å². The molecule has 0 aromatic heterocycles. The maximum absolute atomic E-state index is 11.8. The number of anilines is 1. The van der Waals surface area contributed by atoms with E-state index in [0.29, 0.717) is 5.92 Å². The van der Waals surface area contributed by atoms with Crippen LogP contribution in [0, 0.1) is 5.41 Å². The van der Waals surface area contributed by atoms with Crippen molar-refractivity contribution >= 4 is 11.8 Å². The summed E-state index contributed by atoms with van der Waals surface area (Å²) in [5, 5.41) is 2.76. The summed E-state index contributed by atoms with van der Waals surface area (Å²) in [6.45, 7) is 9.85. The molecule has 0 radical (unpaired) electrons. The number of amides is 1. The van der Waals surface area contributed by atoms with Gasteiger partial charge in [0.2, 0.25) is 0 Å². The van der Waals surface area contributed by atoms with Gasteiger partial charge in [-0.1, -0.05) is 26.0 Å². The van der Waals surface area contributed by atoms with E-state index in [9.17, 15) is 4.79 Å². The molecular weight excluding hydrogens is 252 g/mol. The van der Waals surface area contributed by atoms with Crippen LogP contribution in [0.5, 0.6) is 0 Å². The Morgan fingerprint density at radius 1 is 1.35 bits per heavy atom. The number of hydrogen-bond donors (Lipinski definition) is 2. The van der Waals surface area contributed by atoms with Gasteiger partial charge >= 0.3 is 6.09 Å². The van der Waals surface area contributed by atoms with Gasteiger partial charge < -0.3 is 10.5 Å². The lowest BCUT2D eigenvalue weighted by Gasteiger charge is -2.19. The molecule has 1 aromatic carbocycles. The normalized spacial score (nSPS) is 24.1. The Bertz CT molecular complexity index is 517. The van der Waals surface area contributed by atoms with Crippen molar-refractivity contribution in [3.8, 4) is 0 Å². The largest absolute Gasteiger partial charge is 0.444 e. The van der Waals surface area contributed by atoms with Crippen LogP contribution in [0.1, 0.15) is 46.1 Å². The van der Waals surface area contributed by atoms with Crippen LogP contribution in [0.2, 0.25) is 0 Å². The molecule has 1 aliphatic carbocycles. The summed E-state index contributed by atoms with van der Waals surface area (Å²) >= 11 is 0. The summed E-state index contributed by atoms with van der Waals surface area (Å²) in [5.74, 6) is 0.350. The molecule has 110 valence electrons. The quantitative estimate of drug-likeness (QED) is 0.869. The van der Waals surface area contributed by atoms with Gasteiger partial charge in [0.1, 0.15) is 5.60 Å². The SMILES string of the molecule is CC(C)(C)OC(=O)Nc1cccc(C2C(N)C2(C)C)c1. The van der Waals surface area contributed by atoms with Crippen molar-refractivity contribution in [3.63, 3.8) is 0 Å². The highest BCUT2D eigenvalue weighted by Gasteiger charge is 2.56. The van der Waals surface area contributed by atoms with Gasteiger partial charge in [0.05, 0.1) is 0 Å². The van der Waals surface area contributed by atoms with Crippen molar-refractivity contribution in [1.82, 2.24) is 0 Å². The van der Waals surface area contributed by atoms with Crippen molar-refractivity contribution < 1.29 is 9.53 Å². The molecule has 1 aliphatic rings. The van der Waals surface area contributed by atoms with Crippen molar-refractivity contribution in [2.75, 3.05) is 5.32 Å². The first kappa shape index (κ1) is 14.9. The lowest BCUT2D eigenvalue weighted by molar-refractivity contribution is 0.0636. The topological polar surface area (TPSA) is 64.3 Å². The standard InChI is InChI=1S/C16H24N2O2/c1-15(2,3)20-14(19)18-11-8-6-7-10(9-11)12-13(17)16(12,4)5/h6-9,12-13H,17H2,1-5H3,(H,18,19). The number of hydrogen-bond acceptors (Lipinski definition) is 3. The van der Waals surface area contributed by atoms with Gasteiger partial charge in [0, 0.05) is 17.6 Å². The van der Waals surface area contributed by atoms with Crippen LogP contribution in [0.15, 0.2) is 24.3 Å². The van der Waals surface area contributed by atoms with E-state index in [4.69, 9.17) is 10.5 Å². The number of benzene rings is 1. The van der Waals surface area contributed by atoms with Crippen LogP contribution in [0.25, 0.3) is 0 Å². The van der Waals surface area contributed by atoms with Gasteiger partial charge in [0.25, 0.3) is 0 Å². The number of nitrogens with two attached hydrogens (primary N) is 1. The third kappa shape index (κ3) is 3.12. The van der Waals surface area contributed by atoms with Crippen LogP contribution in [0.3, 0.4) is 0 Å². The zero-order chi connectivity index (χ0) is 15.1. The summed E-state index contributed by atoms with van der Waals surface area (Å²) in [6, 6.07) is 8.00. The van der Waals surface area contributed by atoms with Gasteiger partial charge in [-0.3, -0.25) is 5.32 Å². The summed E-state index contributed by atoms with van der Waals surface area (Å²) in [4.78, 5) is 11.8. The highest BCUT2D eigenvalue weighted by molar-refractivity contribution is 5.85. The first-order chi connectivity index (χ1) is 9.11. The molecule has 4 heteroatoms. The molecule has 1 aromatic rings. The van der Waals surface area contributed by atoms with Crippen molar-refractivity contribution in [2.24, 2.45) is 11.1 Å². The molecule has 0 heterocycles. The maximum Gasteiger partial charge on any atom is 0.412 e. The monoisotopic (exact) mass is 276 g/mol. The average Bonchev–Trinajstić information content (AvgIpc) is 2.75. The summed E-state index contributed by atoms with van der Waals surface area (Å²) in [6.07, 6.45) is -0.436. The highest BCUT2D eigenvalue weighted by atomic mass is 16.6. The van der Waals surface area contributed by atoms with Crippen LogP contribution >= 0.6 is 0 Å². The molecule has 1 saturated carbocycles. The molecule has 0 aliphatic heterocycles. The van der Waals surface area contributed by atoms with E-state index in [1.807, 2.05) is 39.0 Å². The summed E-state index contributed by atoms with van der Waals surface area (Å²) in [5.41, 5.74) is 7.64. The van der Waals surface area contributed by atoms with Crippen LogP contribution in [-0.4, -0.2) is 17.7 Å². The molecular formula is C16H24N2O2. The third-order valence-corrected chi connectivity index (χ3v) is 3.80. The predicted octanol–water partition coefficient (Wildman–Crippen LogP) is 3.48. The molecule has 2 atom stereocenters. The third-order valence-electron chi connectivity index (χ3n) is 3.80. The van der Waals surface area contributed by atoms with E-state index >= 15 is 0 Å². The van der Waals surface area contributed by atoms with E-state index in [1.165, 1.54) is 0 Å². The van der Waals surface area contributed by atoms with E-state index in [-0.39, 0.29) is 11.5 Å². The Hall–Kier alpha value is -1.55. The van der Waals surface area contributed by atoms with Gasteiger partial charge in [-0.25, -0.2) is 4.79 Å². The van der Waals surface area contributed by atoms with E-state index in [0.717, 1.165) is 11.3 Å². The van der Waals surface area contributed by atoms with Crippen molar-refractivity contribution in [2.45, 2.75) is 52.2 Å². The Labute approximate surface area is 120 Å². The smallest absolute Gasteiger partial charge is 0.412 e. The van der Waals surface area contributed by atoms with Gasteiger partial charge in [-0.05, 0) is 43.9 Å². The first-order valence-corrected chi connectivity index (χ1v) is 6.97. The van der Waals surface area contributed by atoms with E-state index < -0.39 is 11.7 Å². The van der Waals surface area contributed by atoms with Crippen LogP contribution < -0.4 is 11.1 Å². The fourth-order valence-electron chi connectivity index (χ4n) is 2.55. The van der Waals surface area contributed by atoms with Crippen molar-refractivity contribution in [3.05, 3.63) is 29.8 Å². The summed E-state index contributed by atoms with van der Waals surface area (Å²) in [7, 11) is 0. The minimum absolute atomic E-state index is 0.130. The second-order valence-corrected chi connectivity index (χ2v) is 7.08. The predicted molar refractivity (Wildman–Crippen MR) is 80.8 cm³/mol. The molecule has 0 saturated heterocycles. The number of ether oxygens (including phenoxy) is 1. The molecule has 1 amide bonds. The minimum atomic E-state index is -0.497. The van der Waals surface area contributed by atoms with E-state index in [2.05, 4.69) is 25.2 Å². The molecule has 0 bridgehead atoms. The Morgan fingerprint density at radius 3 is 2.45 bits per heavy atom. The van der Waals surface area contributed by atoms with Crippen molar-refractivity contribution in [1.29, 1.82) is 0 Å². The van der Waals surface area contributed by atoms with E-state index in [1.54, 1.807) is 0 Å². The molecule has 20 heavy (non-hydrogen) atoms. The molecule has 1 fully saturated rings. The molecule has 2 rings (SSSR count). The Kier molecular flexibility index (Phi) is 3.54. The van der Waals surface area contributed by atoms with Gasteiger partial charge in [-0.15, -0.1) is 0 Å². The maximum atomic E-state index is 11.8. The Morgan fingerprint density at radius 2 is 1.95 bits per heavy atom. The minimum Gasteiger partial charge on any atom is -0.444 e. The van der Waals surface area contributed by atoms with Gasteiger partial charge in [-0.2, -0.15) is 0 Å². The van der Waals surface area contributed by atoms with Gasteiger partial charge in [0.15, 0.2) is 0 Å².